The van der Waals surface area contributed by atoms with Gasteiger partial charge >= 0.3 is 0 Å². The smallest absolute Gasteiger partial charge is 0.168 e. The molecule has 1 aliphatic carbocycles. The van der Waals surface area contributed by atoms with E-state index in [4.69, 9.17) is 16.4 Å². The molecule has 0 radical (unpaired) electrons. The number of Topliss-reactive ketones (excluding diaryl/α,β-unsaturated/α-hetero) is 1. The molecular formula is C16H24ClNO4S. The molecule has 1 rings (SSSR count). The standard InChI is InChI=1S/C16H24ClNO4S/c1-4-13(18-22-7-5-6-17)16-14(19)9-12(10-15(16)20)8-11(2)23(3)21/h5-6,11-12,19H,4,7-10H2,1-3H3/b6-5+,18-13+. The van der Waals surface area contributed by atoms with Crippen molar-refractivity contribution in [2.45, 2.75) is 44.8 Å². The van der Waals surface area contributed by atoms with E-state index in [2.05, 4.69) is 5.16 Å². The normalized spacial score (nSPS) is 22.5. The molecule has 0 aromatic rings. The molecule has 0 amide bonds. The van der Waals surface area contributed by atoms with Crippen LogP contribution in [0.1, 0.15) is 39.5 Å². The molecule has 0 aromatic carbocycles. The monoisotopic (exact) mass is 361 g/mol. The molecule has 0 aliphatic heterocycles. The van der Waals surface area contributed by atoms with Crippen LogP contribution in [-0.2, 0) is 20.4 Å². The lowest BCUT2D eigenvalue weighted by Gasteiger charge is -2.25. The van der Waals surface area contributed by atoms with Gasteiger partial charge in [-0.15, -0.1) is 0 Å². The summed E-state index contributed by atoms with van der Waals surface area (Å²) in [4.78, 5) is 17.5. The maximum atomic E-state index is 12.4. The zero-order valence-corrected chi connectivity index (χ0v) is 15.3. The lowest BCUT2D eigenvalue weighted by Crippen LogP contribution is -2.27. The van der Waals surface area contributed by atoms with E-state index in [1.807, 2.05) is 13.8 Å². The number of nitrogens with zero attached hydrogens (tertiary/aromatic N) is 1. The van der Waals surface area contributed by atoms with Gasteiger partial charge in [0.15, 0.2) is 5.78 Å². The Balaban J connectivity index is 2.85. The first-order valence-corrected chi connectivity index (χ1v) is 9.68. The summed E-state index contributed by atoms with van der Waals surface area (Å²) in [5.74, 6) is -0.0642. The number of hydrogen-bond acceptors (Lipinski definition) is 5. The second-order valence-corrected chi connectivity index (χ2v) is 7.67. The Bertz CT molecular complexity index is 542. The lowest BCUT2D eigenvalue weighted by atomic mass is 9.82. The molecule has 130 valence electrons. The van der Waals surface area contributed by atoms with Crippen LogP contribution in [0.25, 0.3) is 0 Å². The fourth-order valence-electron chi connectivity index (χ4n) is 2.55. The number of rotatable bonds is 8. The summed E-state index contributed by atoms with van der Waals surface area (Å²) in [5.41, 5.74) is 2.04. The zero-order valence-electron chi connectivity index (χ0n) is 13.8. The summed E-state index contributed by atoms with van der Waals surface area (Å²) in [6.45, 7) is 3.95. The van der Waals surface area contributed by atoms with Crippen LogP contribution in [0.3, 0.4) is 0 Å². The van der Waals surface area contributed by atoms with Gasteiger partial charge in [-0.1, -0.05) is 30.6 Å². The first-order valence-electron chi connectivity index (χ1n) is 7.62. The van der Waals surface area contributed by atoms with Gasteiger partial charge in [0.1, 0.15) is 12.4 Å². The number of carbonyl (C=O) groups excluding carboxylic acids is 1. The van der Waals surface area contributed by atoms with E-state index in [9.17, 15) is 14.1 Å². The highest BCUT2D eigenvalue weighted by molar-refractivity contribution is 7.84. The predicted molar refractivity (Wildman–Crippen MR) is 94.2 cm³/mol. The number of aliphatic hydroxyl groups excluding tert-OH is 1. The van der Waals surface area contributed by atoms with Gasteiger partial charge in [0.2, 0.25) is 0 Å². The van der Waals surface area contributed by atoms with Crippen molar-refractivity contribution in [3.05, 3.63) is 22.9 Å². The van der Waals surface area contributed by atoms with Crippen LogP contribution < -0.4 is 0 Å². The summed E-state index contributed by atoms with van der Waals surface area (Å²) in [6.07, 6.45) is 5.12. The Morgan fingerprint density at radius 2 is 2.26 bits per heavy atom. The van der Waals surface area contributed by atoms with Gasteiger partial charge in [-0.25, -0.2) is 0 Å². The average molecular weight is 362 g/mol. The maximum absolute atomic E-state index is 12.4. The largest absolute Gasteiger partial charge is 0.511 e. The minimum absolute atomic E-state index is 0.00661. The summed E-state index contributed by atoms with van der Waals surface area (Å²) in [6, 6.07) is 0. The van der Waals surface area contributed by atoms with E-state index in [1.54, 1.807) is 12.3 Å². The van der Waals surface area contributed by atoms with Gasteiger partial charge in [0.05, 0.1) is 11.3 Å². The van der Waals surface area contributed by atoms with Crippen molar-refractivity contribution in [1.82, 2.24) is 0 Å². The minimum atomic E-state index is -0.930. The molecule has 0 heterocycles. The second-order valence-electron chi connectivity index (χ2n) is 5.61. The van der Waals surface area contributed by atoms with Gasteiger partial charge in [-0.2, -0.15) is 0 Å². The molecule has 0 aromatic heterocycles. The van der Waals surface area contributed by atoms with E-state index in [1.165, 1.54) is 5.54 Å². The quantitative estimate of drug-likeness (QED) is 0.408. The van der Waals surface area contributed by atoms with Crippen molar-refractivity contribution >= 4 is 33.9 Å². The predicted octanol–water partition coefficient (Wildman–Crippen LogP) is 3.47. The van der Waals surface area contributed by atoms with Crippen molar-refractivity contribution in [3.63, 3.8) is 0 Å². The molecule has 3 atom stereocenters. The van der Waals surface area contributed by atoms with Crippen molar-refractivity contribution in [2.24, 2.45) is 11.1 Å². The van der Waals surface area contributed by atoms with Crippen LogP contribution in [0.15, 0.2) is 28.1 Å². The summed E-state index contributed by atoms with van der Waals surface area (Å²) in [7, 11) is -0.930. The highest BCUT2D eigenvalue weighted by Gasteiger charge is 2.31. The zero-order chi connectivity index (χ0) is 17.4. The molecule has 0 bridgehead atoms. The Kier molecular flexibility index (Phi) is 8.55. The van der Waals surface area contributed by atoms with Crippen molar-refractivity contribution in [1.29, 1.82) is 0 Å². The van der Waals surface area contributed by atoms with Gasteiger partial charge in [-0.05, 0) is 24.8 Å². The van der Waals surface area contributed by atoms with E-state index in [0.717, 1.165) is 0 Å². The highest BCUT2D eigenvalue weighted by Crippen LogP contribution is 2.31. The van der Waals surface area contributed by atoms with Crippen LogP contribution in [-0.4, -0.2) is 38.9 Å². The number of oxime groups is 1. The van der Waals surface area contributed by atoms with E-state index < -0.39 is 10.8 Å². The Hall–Kier alpha value is -1.14. The van der Waals surface area contributed by atoms with Gasteiger partial charge in [0, 0.05) is 40.7 Å². The minimum Gasteiger partial charge on any atom is -0.511 e. The van der Waals surface area contributed by atoms with Crippen LogP contribution in [0.2, 0.25) is 0 Å². The van der Waals surface area contributed by atoms with Crippen molar-refractivity contribution in [3.8, 4) is 0 Å². The molecule has 0 saturated heterocycles. The molecule has 1 N–H and O–H groups in total. The third kappa shape index (κ3) is 6.11. The first-order chi connectivity index (χ1) is 10.9. The number of hydrogen-bond donors (Lipinski definition) is 1. The molecule has 0 spiro atoms. The maximum Gasteiger partial charge on any atom is 0.168 e. The van der Waals surface area contributed by atoms with Crippen LogP contribution in [0, 0.1) is 5.92 Å². The van der Waals surface area contributed by atoms with E-state index in [-0.39, 0.29) is 34.9 Å². The Morgan fingerprint density at radius 3 is 2.78 bits per heavy atom. The van der Waals surface area contributed by atoms with Crippen LogP contribution in [0.4, 0.5) is 0 Å². The Morgan fingerprint density at radius 1 is 1.57 bits per heavy atom. The fraction of sp³-hybridized carbons (Fsp3) is 0.625. The number of carbonyl (C=O) groups is 1. The van der Waals surface area contributed by atoms with Crippen LogP contribution >= 0.6 is 11.6 Å². The third-order valence-corrected chi connectivity index (χ3v) is 5.32. The Labute approximate surface area is 144 Å². The molecule has 3 unspecified atom stereocenters. The van der Waals surface area contributed by atoms with E-state index >= 15 is 0 Å². The molecule has 7 heteroatoms. The number of halogens is 1. The van der Waals surface area contributed by atoms with Gasteiger partial charge < -0.3 is 9.94 Å². The molecule has 0 saturated carbocycles. The van der Waals surface area contributed by atoms with Crippen molar-refractivity contribution < 1.29 is 18.9 Å². The fourth-order valence-corrected chi connectivity index (χ4v) is 3.17. The summed E-state index contributed by atoms with van der Waals surface area (Å²) < 4.78 is 11.5. The van der Waals surface area contributed by atoms with Gasteiger partial charge in [-0.3, -0.25) is 9.00 Å². The molecule has 0 fully saturated rings. The van der Waals surface area contributed by atoms with Crippen molar-refractivity contribution in [2.75, 3.05) is 12.9 Å². The number of allylic oxidation sites excluding steroid dienone is 2. The molecule has 23 heavy (non-hydrogen) atoms. The van der Waals surface area contributed by atoms with Gasteiger partial charge in [0.25, 0.3) is 0 Å². The highest BCUT2D eigenvalue weighted by atomic mass is 35.5. The van der Waals surface area contributed by atoms with Crippen LogP contribution in [0.5, 0.6) is 0 Å². The first kappa shape index (κ1) is 19.9. The lowest BCUT2D eigenvalue weighted by molar-refractivity contribution is -0.116. The third-order valence-electron chi connectivity index (χ3n) is 3.81. The second kappa shape index (κ2) is 9.88. The molecule has 5 nitrogen and oxygen atoms in total. The summed E-state index contributed by atoms with van der Waals surface area (Å²) >= 11 is 5.39. The number of ketones is 1. The summed E-state index contributed by atoms with van der Waals surface area (Å²) in [5, 5.41) is 14.2. The number of aliphatic hydroxyl groups is 1. The molecular weight excluding hydrogens is 338 g/mol. The molecule has 1 aliphatic rings. The topological polar surface area (TPSA) is 76.0 Å². The SMILES string of the molecule is CC/C(=N\OC/C=C/Cl)C1=C(O)CC(CC(C)S(C)=O)CC1=O. The average Bonchev–Trinajstić information content (AvgIpc) is 2.48. The van der Waals surface area contributed by atoms with E-state index in [0.29, 0.717) is 31.4 Å².